The number of benzene rings is 2. The van der Waals surface area contributed by atoms with E-state index < -0.39 is 10.0 Å². The van der Waals surface area contributed by atoms with Crippen molar-refractivity contribution >= 4 is 54.2 Å². The first-order valence-electron chi connectivity index (χ1n) is 9.65. The number of carbonyl (C=O) groups excluding carboxylic acids is 1. The number of amides is 1. The van der Waals surface area contributed by atoms with Gasteiger partial charge in [-0.25, -0.2) is 18.1 Å². The molecule has 0 fully saturated rings. The number of nitrogens with zero attached hydrogens (tertiary/aromatic N) is 3. The highest BCUT2D eigenvalue weighted by molar-refractivity contribution is 7.92. The minimum atomic E-state index is -3.85. The Kier molecular flexibility index (Phi) is 5.85. The van der Waals surface area contributed by atoms with E-state index in [9.17, 15) is 13.2 Å². The first-order valence-corrected chi connectivity index (χ1v) is 12.0. The summed E-state index contributed by atoms with van der Waals surface area (Å²) >= 11 is 1.51. The molecular formula is C21H21N5O4S2. The molecule has 0 atom stereocenters. The summed E-state index contributed by atoms with van der Waals surface area (Å²) < 4.78 is 33.6. The Labute approximate surface area is 189 Å². The molecule has 166 valence electrons. The highest BCUT2D eigenvalue weighted by atomic mass is 32.2. The molecule has 4 aromatic rings. The van der Waals surface area contributed by atoms with Crippen LogP contribution in [0, 0.1) is 13.8 Å². The Morgan fingerprint density at radius 2 is 1.84 bits per heavy atom. The van der Waals surface area contributed by atoms with E-state index in [4.69, 9.17) is 4.52 Å². The second-order valence-electron chi connectivity index (χ2n) is 7.22. The zero-order valence-electron chi connectivity index (χ0n) is 17.6. The molecule has 2 aromatic heterocycles. The smallest absolute Gasteiger partial charge is 0.264 e. The van der Waals surface area contributed by atoms with Crippen LogP contribution in [0.3, 0.4) is 0 Å². The number of aryl methyl sites for hydroxylation is 1. The average Bonchev–Trinajstić information content (AvgIpc) is 3.33. The molecule has 0 radical (unpaired) electrons. The number of rotatable bonds is 7. The van der Waals surface area contributed by atoms with Gasteiger partial charge in [-0.2, -0.15) is 0 Å². The maximum atomic E-state index is 12.6. The van der Waals surface area contributed by atoms with Crippen LogP contribution in [0.1, 0.15) is 11.3 Å². The van der Waals surface area contributed by atoms with Crippen LogP contribution in [0.15, 0.2) is 57.9 Å². The molecule has 0 aliphatic rings. The SMILES string of the molecule is Cc1noc(NS(=O)(=O)c2ccc(NC(=O)CN(C)c3nc4ccccc4s3)cc2)c1C. The molecule has 9 nitrogen and oxygen atoms in total. The highest BCUT2D eigenvalue weighted by Gasteiger charge is 2.19. The maximum Gasteiger partial charge on any atom is 0.264 e. The van der Waals surface area contributed by atoms with Gasteiger partial charge in [0, 0.05) is 18.3 Å². The van der Waals surface area contributed by atoms with Crippen LogP contribution in [0.5, 0.6) is 0 Å². The van der Waals surface area contributed by atoms with Crippen molar-refractivity contribution in [3.8, 4) is 0 Å². The van der Waals surface area contributed by atoms with Gasteiger partial charge >= 0.3 is 0 Å². The Hall–Kier alpha value is -3.44. The molecule has 2 N–H and O–H groups in total. The van der Waals surface area contributed by atoms with Crippen molar-refractivity contribution < 1.29 is 17.7 Å². The molecule has 0 spiro atoms. The topological polar surface area (TPSA) is 117 Å². The van der Waals surface area contributed by atoms with Gasteiger partial charge in [-0.05, 0) is 50.2 Å². The molecule has 0 saturated carbocycles. The molecule has 11 heteroatoms. The number of aromatic nitrogens is 2. The van der Waals surface area contributed by atoms with Crippen LogP contribution >= 0.6 is 11.3 Å². The molecule has 0 unspecified atom stereocenters. The highest BCUT2D eigenvalue weighted by Crippen LogP contribution is 2.28. The number of para-hydroxylation sites is 1. The van der Waals surface area contributed by atoms with Crippen molar-refractivity contribution in [1.29, 1.82) is 0 Å². The molecule has 1 amide bonds. The minimum absolute atomic E-state index is 0.0375. The van der Waals surface area contributed by atoms with Crippen LogP contribution in [-0.2, 0) is 14.8 Å². The van der Waals surface area contributed by atoms with Gasteiger partial charge in [0.1, 0.15) is 0 Å². The van der Waals surface area contributed by atoms with E-state index in [2.05, 4.69) is 20.2 Å². The summed E-state index contributed by atoms with van der Waals surface area (Å²) in [6, 6.07) is 13.7. The lowest BCUT2D eigenvalue weighted by Crippen LogP contribution is -2.29. The normalized spacial score (nSPS) is 11.5. The summed E-state index contributed by atoms with van der Waals surface area (Å²) in [4.78, 5) is 18.8. The van der Waals surface area contributed by atoms with Crippen LogP contribution < -0.4 is 14.9 Å². The molecule has 0 bridgehead atoms. The fourth-order valence-electron chi connectivity index (χ4n) is 2.92. The Morgan fingerprint density at radius 3 is 2.50 bits per heavy atom. The summed E-state index contributed by atoms with van der Waals surface area (Å²) in [6.07, 6.45) is 0. The van der Waals surface area contributed by atoms with Gasteiger partial charge in [0.05, 0.1) is 27.4 Å². The number of hydrogen-bond donors (Lipinski definition) is 2. The Morgan fingerprint density at radius 1 is 1.12 bits per heavy atom. The largest absolute Gasteiger partial charge is 0.342 e. The van der Waals surface area contributed by atoms with Gasteiger partial charge in [-0.1, -0.05) is 28.6 Å². The van der Waals surface area contributed by atoms with E-state index in [0.717, 1.165) is 15.3 Å². The average molecular weight is 472 g/mol. The van der Waals surface area contributed by atoms with Crippen molar-refractivity contribution in [3.05, 3.63) is 59.8 Å². The van der Waals surface area contributed by atoms with Gasteiger partial charge in [-0.15, -0.1) is 0 Å². The summed E-state index contributed by atoms with van der Waals surface area (Å²) in [6.45, 7) is 3.54. The summed E-state index contributed by atoms with van der Waals surface area (Å²) in [5.41, 5.74) is 2.60. The Bertz CT molecular complexity index is 1340. The summed E-state index contributed by atoms with van der Waals surface area (Å²) in [5, 5.41) is 7.25. The van der Waals surface area contributed by atoms with Crippen molar-refractivity contribution in [2.75, 3.05) is 28.5 Å². The standard InChI is InChI=1S/C21H21N5O4S2/c1-13-14(2)24-30-20(13)25-32(28,29)16-10-8-15(9-11-16)22-19(27)12-26(3)21-23-17-6-4-5-7-18(17)31-21/h4-11,25H,12H2,1-3H3,(H,22,27). The summed E-state index contributed by atoms with van der Waals surface area (Å²) in [5.74, 6) is -0.161. The van der Waals surface area contributed by atoms with E-state index in [1.165, 1.54) is 35.6 Å². The molecule has 0 aliphatic carbocycles. The molecule has 0 saturated heterocycles. The van der Waals surface area contributed by atoms with Crippen LogP contribution in [0.2, 0.25) is 0 Å². The first-order chi connectivity index (χ1) is 15.2. The lowest BCUT2D eigenvalue weighted by atomic mass is 10.3. The van der Waals surface area contributed by atoms with Gasteiger partial charge in [0.2, 0.25) is 11.8 Å². The van der Waals surface area contributed by atoms with Crippen LogP contribution in [0.25, 0.3) is 10.2 Å². The van der Waals surface area contributed by atoms with Crippen molar-refractivity contribution in [3.63, 3.8) is 0 Å². The molecule has 2 heterocycles. The van der Waals surface area contributed by atoms with Gasteiger partial charge in [0.15, 0.2) is 5.13 Å². The number of anilines is 3. The van der Waals surface area contributed by atoms with Gasteiger partial charge < -0.3 is 14.7 Å². The second-order valence-corrected chi connectivity index (χ2v) is 9.91. The van der Waals surface area contributed by atoms with Crippen molar-refractivity contribution in [1.82, 2.24) is 10.1 Å². The van der Waals surface area contributed by atoms with E-state index in [-0.39, 0.29) is 23.2 Å². The Balaban J connectivity index is 1.39. The predicted octanol–water partition coefficient (Wildman–Crippen LogP) is 3.78. The number of sulfonamides is 1. The number of thiazole rings is 1. The quantitative estimate of drug-likeness (QED) is 0.421. The maximum absolute atomic E-state index is 12.6. The van der Waals surface area contributed by atoms with E-state index in [0.29, 0.717) is 16.9 Å². The molecule has 2 aromatic carbocycles. The number of likely N-dealkylation sites (N-methyl/N-ethyl adjacent to an activating group) is 1. The molecule has 4 rings (SSSR count). The monoisotopic (exact) mass is 471 g/mol. The third kappa shape index (κ3) is 4.58. The zero-order chi connectivity index (χ0) is 22.9. The van der Waals surface area contributed by atoms with Gasteiger partial charge in [0.25, 0.3) is 10.0 Å². The number of hydrogen-bond acceptors (Lipinski definition) is 8. The van der Waals surface area contributed by atoms with Crippen LogP contribution in [0.4, 0.5) is 16.7 Å². The molecule has 0 aliphatic heterocycles. The third-order valence-corrected chi connectivity index (χ3v) is 7.32. The van der Waals surface area contributed by atoms with E-state index in [1.54, 1.807) is 25.8 Å². The number of carbonyl (C=O) groups is 1. The lowest BCUT2D eigenvalue weighted by molar-refractivity contribution is -0.114. The van der Waals surface area contributed by atoms with Gasteiger partial charge in [-0.3, -0.25) is 4.79 Å². The number of nitrogens with one attached hydrogen (secondary N) is 2. The molecule has 32 heavy (non-hydrogen) atoms. The summed E-state index contributed by atoms with van der Waals surface area (Å²) in [7, 11) is -2.05. The van der Waals surface area contributed by atoms with E-state index in [1.807, 2.05) is 24.3 Å². The van der Waals surface area contributed by atoms with Crippen molar-refractivity contribution in [2.45, 2.75) is 18.7 Å². The fraction of sp³-hybridized carbons (Fsp3) is 0.190. The minimum Gasteiger partial charge on any atom is -0.342 e. The van der Waals surface area contributed by atoms with E-state index >= 15 is 0 Å². The lowest BCUT2D eigenvalue weighted by Gasteiger charge is -2.15. The zero-order valence-corrected chi connectivity index (χ0v) is 19.3. The van der Waals surface area contributed by atoms with Crippen LogP contribution in [-0.4, -0.2) is 38.1 Å². The third-order valence-electron chi connectivity index (χ3n) is 4.82. The number of fused-ring (bicyclic) bond motifs is 1. The van der Waals surface area contributed by atoms with Crippen molar-refractivity contribution in [2.24, 2.45) is 0 Å². The second kappa shape index (κ2) is 8.60. The first kappa shape index (κ1) is 21.8. The predicted molar refractivity (Wildman–Crippen MR) is 125 cm³/mol. The fourth-order valence-corrected chi connectivity index (χ4v) is 4.89. The molecular weight excluding hydrogens is 450 g/mol.